The maximum absolute atomic E-state index is 10.1. The Morgan fingerprint density at radius 3 is 1.80 bits per heavy atom. The number of hydrazone groups is 1. The molecule has 0 aliphatic carbocycles. The summed E-state index contributed by atoms with van der Waals surface area (Å²) in [5.41, 5.74) is 4.62. The van der Waals surface area contributed by atoms with Crippen molar-refractivity contribution in [3.63, 3.8) is 0 Å². The first kappa shape index (κ1) is 23.7. The highest BCUT2D eigenvalue weighted by molar-refractivity contribution is 7.79. The van der Waals surface area contributed by atoms with Crippen molar-refractivity contribution in [2.24, 2.45) is 10.9 Å². The molecule has 0 saturated carbocycles. The molecule has 20 heavy (non-hydrogen) atoms. The number of nitrogens with two attached hydrogens (primary N) is 1. The van der Waals surface area contributed by atoms with Gasteiger partial charge in [0.05, 0.1) is 19.8 Å². The summed E-state index contributed by atoms with van der Waals surface area (Å²) in [6.45, 7) is 2.16. The highest BCUT2D eigenvalue weighted by Gasteiger charge is 1.99. The van der Waals surface area contributed by atoms with Gasteiger partial charge in [-0.15, -0.1) is 0 Å². The number of aliphatic hydroxyl groups is 2. The quantitative estimate of drug-likeness (QED) is 0.0802. The summed E-state index contributed by atoms with van der Waals surface area (Å²) in [4.78, 5) is 10.1. The molecule has 0 rings (SSSR count). The standard InChI is InChI=1S/C5H10N2O3.C2H8N2O.H2O4S/c1-4(5(9)10)7-6-2-3-8;3-4-1-2-5;1-5(2,3)4/h6,8H,2-3H2,1H3,(H,9,10);4-5H,1-3H2;(H2,1,2,3,4). The van der Waals surface area contributed by atoms with E-state index in [-0.39, 0.29) is 25.5 Å². The van der Waals surface area contributed by atoms with Gasteiger partial charge in [-0.1, -0.05) is 0 Å². The van der Waals surface area contributed by atoms with Crippen molar-refractivity contribution in [2.75, 3.05) is 26.3 Å². The summed E-state index contributed by atoms with van der Waals surface area (Å²) < 4.78 is 31.6. The van der Waals surface area contributed by atoms with E-state index in [0.717, 1.165) is 0 Å². The van der Waals surface area contributed by atoms with Gasteiger partial charge in [0, 0.05) is 6.54 Å². The van der Waals surface area contributed by atoms with Gasteiger partial charge < -0.3 is 20.7 Å². The van der Waals surface area contributed by atoms with Crippen LogP contribution in [-0.2, 0) is 15.2 Å². The zero-order valence-electron chi connectivity index (χ0n) is 10.7. The SMILES string of the molecule is CC(=NNCCO)C(=O)O.NNCCO.O=S(=O)(O)O. The van der Waals surface area contributed by atoms with Crippen LogP contribution < -0.4 is 16.7 Å². The number of carboxylic acids is 1. The van der Waals surface area contributed by atoms with Crippen molar-refractivity contribution < 1.29 is 37.6 Å². The molecule has 13 heteroatoms. The topological polar surface area (TPSA) is 215 Å². The van der Waals surface area contributed by atoms with Crippen LogP contribution in [0.1, 0.15) is 6.92 Å². The third kappa shape index (κ3) is 43.8. The van der Waals surface area contributed by atoms with Crippen LogP contribution in [0.3, 0.4) is 0 Å². The Morgan fingerprint density at radius 1 is 1.20 bits per heavy atom. The minimum atomic E-state index is -4.67. The van der Waals surface area contributed by atoms with Crippen LogP contribution in [0.4, 0.5) is 0 Å². The van der Waals surface area contributed by atoms with Gasteiger partial charge in [-0.25, -0.2) is 4.79 Å². The smallest absolute Gasteiger partial charge is 0.394 e. The van der Waals surface area contributed by atoms with E-state index in [1.807, 2.05) is 0 Å². The molecule has 122 valence electrons. The number of nitrogens with one attached hydrogen (secondary N) is 2. The lowest BCUT2D eigenvalue weighted by Crippen LogP contribution is -2.24. The molecule has 0 aliphatic rings. The predicted molar refractivity (Wildman–Crippen MR) is 69.3 cm³/mol. The van der Waals surface area contributed by atoms with Gasteiger partial charge in [0.1, 0.15) is 5.71 Å². The fraction of sp³-hybridized carbons (Fsp3) is 0.714. The Bertz CT molecular complexity index is 348. The maximum Gasteiger partial charge on any atom is 0.394 e. The lowest BCUT2D eigenvalue weighted by molar-refractivity contribution is -0.129. The molecule has 0 radical (unpaired) electrons. The van der Waals surface area contributed by atoms with E-state index in [9.17, 15) is 4.79 Å². The first-order valence-electron chi connectivity index (χ1n) is 4.95. The van der Waals surface area contributed by atoms with Gasteiger partial charge in [0.15, 0.2) is 0 Å². The molecule has 0 spiro atoms. The van der Waals surface area contributed by atoms with Crippen LogP contribution in [0.2, 0.25) is 0 Å². The maximum atomic E-state index is 10.1. The van der Waals surface area contributed by atoms with Crippen molar-refractivity contribution in [3.05, 3.63) is 0 Å². The molecule has 0 aromatic heterocycles. The lowest BCUT2D eigenvalue weighted by atomic mass is 10.4. The van der Waals surface area contributed by atoms with Crippen LogP contribution in [0.25, 0.3) is 0 Å². The Balaban J connectivity index is -0.000000244. The third-order valence-corrected chi connectivity index (χ3v) is 1.04. The first-order chi connectivity index (χ1) is 9.09. The van der Waals surface area contributed by atoms with Crippen LogP contribution in [0, 0.1) is 0 Å². The number of hydrogen-bond donors (Lipinski definition) is 8. The number of rotatable bonds is 6. The van der Waals surface area contributed by atoms with Crippen molar-refractivity contribution in [1.82, 2.24) is 10.9 Å². The van der Waals surface area contributed by atoms with Crippen LogP contribution in [0.5, 0.6) is 0 Å². The summed E-state index contributed by atoms with van der Waals surface area (Å²) in [6.07, 6.45) is 0. The number of aliphatic carboxylic acids is 1. The minimum Gasteiger partial charge on any atom is -0.477 e. The molecular formula is C7H20N4O8S. The largest absolute Gasteiger partial charge is 0.477 e. The van der Waals surface area contributed by atoms with Gasteiger partial charge in [-0.05, 0) is 6.92 Å². The molecular weight excluding hydrogens is 300 g/mol. The summed E-state index contributed by atoms with van der Waals surface area (Å²) in [6, 6.07) is 0. The molecule has 0 fully saturated rings. The van der Waals surface area contributed by atoms with E-state index in [1.54, 1.807) is 0 Å². The van der Waals surface area contributed by atoms with Crippen molar-refractivity contribution in [3.8, 4) is 0 Å². The number of hydrogen-bond acceptors (Lipinski definition) is 9. The number of nitrogens with zero attached hydrogens (tertiary/aromatic N) is 1. The molecule has 0 aromatic carbocycles. The first-order valence-corrected chi connectivity index (χ1v) is 6.35. The molecule has 0 aromatic rings. The molecule has 0 heterocycles. The Hall–Kier alpha value is -1.35. The highest BCUT2D eigenvalue weighted by atomic mass is 32.3. The highest BCUT2D eigenvalue weighted by Crippen LogP contribution is 1.72. The van der Waals surface area contributed by atoms with Gasteiger partial charge >= 0.3 is 16.4 Å². The second kappa shape index (κ2) is 15.7. The Kier molecular flexibility index (Phi) is 18.6. The molecule has 12 nitrogen and oxygen atoms in total. The van der Waals surface area contributed by atoms with Crippen molar-refractivity contribution >= 4 is 22.1 Å². The average Bonchev–Trinajstić information content (AvgIpc) is 2.28. The predicted octanol–water partition coefficient (Wildman–Crippen LogP) is -3.18. The average molecular weight is 320 g/mol. The van der Waals surface area contributed by atoms with Crippen LogP contribution in [-0.4, -0.2) is 70.8 Å². The van der Waals surface area contributed by atoms with E-state index < -0.39 is 16.4 Å². The van der Waals surface area contributed by atoms with E-state index in [4.69, 9.17) is 38.7 Å². The third-order valence-electron chi connectivity index (χ3n) is 1.04. The van der Waals surface area contributed by atoms with E-state index in [0.29, 0.717) is 6.54 Å². The lowest BCUT2D eigenvalue weighted by Gasteiger charge is -1.95. The summed E-state index contributed by atoms with van der Waals surface area (Å²) >= 11 is 0. The summed E-state index contributed by atoms with van der Waals surface area (Å²) in [7, 11) is -4.67. The number of carbonyl (C=O) groups is 1. The molecule has 0 atom stereocenters. The van der Waals surface area contributed by atoms with Crippen molar-refractivity contribution in [2.45, 2.75) is 6.92 Å². The Morgan fingerprint density at radius 2 is 1.60 bits per heavy atom. The van der Waals surface area contributed by atoms with E-state index in [1.165, 1.54) is 6.92 Å². The summed E-state index contributed by atoms with van der Waals surface area (Å²) in [5, 5.41) is 27.8. The van der Waals surface area contributed by atoms with Gasteiger partial charge in [0.25, 0.3) is 0 Å². The molecule has 0 saturated heterocycles. The number of aliphatic hydroxyl groups excluding tert-OH is 2. The zero-order chi connectivity index (χ0) is 16.6. The zero-order valence-corrected chi connectivity index (χ0v) is 11.5. The molecule has 0 amide bonds. The van der Waals surface area contributed by atoms with Gasteiger partial charge in [-0.2, -0.15) is 13.5 Å². The minimum absolute atomic E-state index is 0.0200. The van der Waals surface area contributed by atoms with Crippen LogP contribution in [0.15, 0.2) is 5.10 Å². The molecule has 0 aliphatic heterocycles. The monoisotopic (exact) mass is 320 g/mol. The number of hydrazine groups is 1. The molecule has 0 unspecified atom stereocenters. The summed E-state index contributed by atoms with van der Waals surface area (Å²) in [5.74, 6) is 3.66. The second-order valence-corrected chi connectivity index (χ2v) is 3.66. The molecule has 9 N–H and O–H groups in total. The van der Waals surface area contributed by atoms with Crippen LogP contribution >= 0.6 is 0 Å². The van der Waals surface area contributed by atoms with Crippen molar-refractivity contribution in [1.29, 1.82) is 0 Å². The second-order valence-electron chi connectivity index (χ2n) is 2.76. The fourth-order valence-electron chi connectivity index (χ4n) is 0.337. The fourth-order valence-corrected chi connectivity index (χ4v) is 0.337. The van der Waals surface area contributed by atoms with Gasteiger partial charge in [0.2, 0.25) is 0 Å². The Labute approximate surface area is 115 Å². The number of carboxylic acid groups (broad SMARTS) is 1. The van der Waals surface area contributed by atoms with E-state index >= 15 is 0 Å². The van der Waals surface area contributed by atoms with Gasteiger partial charge in [-0.3, -0.25) is 20.4 Å². The molecule has 0 bridgehead atoms. The normalized spacial score (nSPS) is 10.6. The van der Waals surface area contributed by atoms with E-state index in [2.05, 4.69) is 16.0 Å².